The molecule has 1 aromatic carbocycles. The van der Waals surface area contributed by atoms with Crippen molar-refractivity contribution in [1.29, 1.82) is 0 Å². The number of H-pyrrole nitrogens is 1. The molecule has 0 saturated carbocycles. The summed E-state index contributed by atoms with van der Waals surface area (Å²) < 4.78 is 0. The van der Waals surface area contributed by atoms with Gasteiger partial charge in [0.1, 0.15) is 66.5 Å². The Balaban J connectivity index is 0.0000594. The molecule has 620 valence electrons. The number of aliphatic carboxylic acids is 2. The summed E-state index contributed by atoms with van der Waals surface area (Å²) in [7, 11) is 0. The summed E-state index contributed by atoms with van der Waals surface area (Å²) in [4.78, 5) is 231. The van der Waals surface area contributed by atoms with E-state index in [4.69, 9.17) is 17.2 Å². The molecule has 1 heterocycles. The first-order valence-corrected chi connectivity index (χ1v) is 37.8. The van der Waals surface area contributed by atoms with Gasteiger partial charge in [0.15, 0.2) is 5.78 Å². The van der Waals surface area contributed by atoms with Gasteiger partial charge >= 0.3 is 0 Å². The molecule has 110 heavy (non-hydrogen) atoms. The fourth-order valence-electron chi connectivity index (χ4n) is 10.6. The third-order valence-electron chi connectivity index (χ3n) is 17.5. The average Bonchev–Trinajstić information content (AvgIpc) is 1.66. The quantitative estimate of drug-likeness (QED) is 0.0274. The molecular weight excluding hydrogens is 1480 g/mol. The first-order chi connectivity index (χ1) is 50.7. The maximum absolute atomic E-state index is 14.8. The standard InChI is InChI=1S/C68H108N16O22S2.2H3N/c1-12-32(5)53(84-67(104)54(33(6)13-2)83-64(101)48(30-86)81-57(94)35(8)74-61(98)45(27-51(90)91)78-62(99)43(24-31(3)4)77-63(100)47(29-85)82-65(102)52(71)36(9)87)66(103)79-44(25-37-28-72-40-17-15-14-16-38(37)40)60(97)73-34(7)56(93)76-42(21-23-108-11)59(96)75-41(20-22-107-10)55(92)39(18-19-49(69)88)58(95)80-46(68(105)106)26-50(70)89;;/h14-17,28,31-36,39,41-48,52-54,72,85-87H,12-13,18-27,29-30,71H2,1-11H3,(H2,69,88)(H2,70,89)(H,73,97)(H,74,98)(H,75,96)(H,76,93)(H,77,100)(H,78,99)(H,79,103)(H,80,95)(H,81,94)(H,82,102)(H,83,101)(H,84,104)(H,90,91)(H,105,106);2*1H3/t32-,33-,34-,35-,36+,39+,41-,42-,43-,44-,45-,46-,47-,48-,52-,53-,54-;;/m0../s1. The van der Waals surface area contributed by atoms with Crippen LogP contribution in [-0.4, -0.2) is 243 Å². The lowest BCUT2D eigenvalue weighted by molar-refractivity contribution is -0.309. The number of amides is 14. The van der Waals surface area contributed by atoms with Gasteiger partial charge in [-0.25, -0.2) is 0 Å². The van der Waals surface area contributed by atoms with E-state index in [1.807, 2.05) is 5.32 Å². The van der Waals surface area contributed by atoms with Crippen LogP contribution in [0.2, 0.25) is 0 Å². The minimum absolute atomic E-state index is 0. The van der Waals surface area contributed by atoms with Gasteiger partial charge in [-0.2, -0.15) is 23.5 Å². The second-order valence-corrected chi connectivity index (χ2v) is 28.6. The van der Waals surface area contributed by atoms with Crippen molar-refractivity contribution in [2.24, 2.45) is 40.9 Å². The third kappa shape index (κ3) is 33.3. The summed E-state index contributed by atoms with van der Waals surface area (Å²) in [5, 5.41) is 83.2. The van der Waals surface area contributed by atoms with Crippen LogP contribution in [0.4, 0.5) is 0 Å². The number of aromatic amines is 1. The summed E-state index contributed by atoms with van der Waals surface area (Å²) in [6.07, 6.45) is 0.410. The smallest absolute Gasteiger partial charge is 0.245 e. The van der Waals surface area contributed by atoms with Gasteiger partial charge in [0.05, 0.1) is 49.7 Å². The summed E-state index contributed by atoms with van der Waals surface area (Å²) in [5.41, 5.74) is 17.3. The first-order valence-electron chi connectivity index (χ1n) is 35.0. The predicted octanol–water partition coefficient (Wildman–Crippen LogP) is -7.13. The average molecular weight is 1600 g/mol. The number of aromatic nitrogens is 1. The van der Waals surface area contributed by atoms with E-state index in [0.29, 0.717) is 16.5 Å². The first kappa shape index (κ1) is 100. The Morgan fingerprint density at radius 3 is 1.38 bits per heavy atom. The van der Waals surface area contributed by atoms with Gasteiger partial charge in [-0.3, -0.25) is 71.9 Å². The lowest BCUT2D eigenvalue weighted by Gasteiger charge is -2.31. The van der Waals surface area contributed by atoms with Crippen LogP contribution in [0.1, 0.15) is 126 Å². The number of nitrogens with two attached hydrogens (primary N) is 3. The number of hydrogen-bond donors (Lipinski definition) is 21. The Morgan fingerprint density at radius 2 is 0.900 bits per heavy atom. The number of carboxylic acid groups (broad SMARTS) is 2. The molecule has 14 amide bonds. The largest absolute Gasteiger partial charge is 0.550 e. The number of Topliss-reactive ketones (excluding diaryl/α,β-unsaturated/α-hetero) is 1. The van der Waals surface area contributed by atoms with Gasteiger partial charge in [0, 0.05) is 42.3 Å². The van der Waals surface area contributed by atoms with Crippen molar-refractivity contribution in [3.05, 3.63) is 36.0 Å². The van der Waals surface area contributed by atoms with E-state index in [-0.39, 0.29) is 68.2 Å². The van der Waals surface area contributed by atoms with E-state index < -0.39 is 242 Å². The van der Waals surface area contributed by atoms with Crippen LogP contribution in [-0.2, 0) is 87.9 Å². The number of quaternary nitrogens is 2. The lowest BCUT2D eigenvalue weighted by atomic mass is 9.90. The number of carbonyl (C=O) groups is 17. The van der Waals surface area contributed by atoms with Crippen LogP contribution < -0.4 is 104 Å². The lowest BCUT2D eigenvalue weighted by Crippen LogP contribution is -2.62. The van der Waals surface area contributed by atoms with Gasteiger partial charge in [-0.15, -0.1) is 0 Å². The molecule has 0 bridgehead atoms. The Morgan fingerprint density at radius 1 is 0.482 bits per heavy atom. The number of rotatable bonds is 51. The molecule has 0 radical (unpaired) electrons. The van der Waals surface area contributed by atoms with Crippen molar-refractivity contribution in [1.82, 2.24) is 81.1 Å². The summed E-state index contributed by atoms with van der Waals surface area (Å²) >= 11 is 2.54. The highest BCUT2D eigenvalue weighted by Gasteiger charge is 2.40. The second kappa shape index (κ2) is 50.3. The number of primary amides is 2. The Hall–Kier alpha value is -9.59. The molecular formula is C68H114N18O22S2. The second-order valence-electron chi connectivity index (χ2n) is 26.6. The number of aliphatic hydroxyl groups excluding tert-OH is 3. The number of carboxylic acids is 2. The highest BCUT2D eigenvalue weighted by Crippen LogP contribution is 2.22. The van der Waals surface area contributed by atoms with E-state index in [1.54, 1.807) is 84.5 Å². The van der Waals surface area contributed by atoms with Crippen molar-refractivity contribution in [3.8, 4) is 0 Å². The molecule has 0 fully saturated rings. The molecule has 17 atom stereocenters. The molecule has 0 saturated heterocycles. The molecule has 0 spiro atoms. The number of hydrogen-bond acceptors (Lipinski definition) is 25. The molecule has 0 aliphatic carbocycles. The number of fused-ring (bicyclic) bond motifs is 1. The third-order valence-corrected chi connectivity index (χ3v) is 18.8. The van der Waals surface area contributed by atoms with Crippen molar-refractivity contribution >= 4 is 135 Å². The van der Waals surface area contributed by atoms with Crippen molar-refractivity contribution < 1.29 is 107 Å². The monoisotopic (exact) mass is 1600 g/mol. The van der Waals surface area contributed by atoms with Crippen LogP contribution in [0.25, 0.3) is 10.9 Å². The highest BCUT2D eigenvalue weighted by atomic mass is 32.2. The minimum Gasteiger partial charge on any atom is -0.550 e. The zero-order chi connectivity index (χ0) is 82.0. The number of thioether (sulfide) groups is 2. The van der Waals surface area contributed by atoms with Crippen molar-refractivity contribution in [2.45, 2.75) is 211 Å². The summed E-state index contributed by atoms with van der Waals surface area (Å²) in [6.45, 7) is 11.3. The van der Waals surface area contributed by atoms with E-state index in [9.17, 15) is 107 Å². The molecule has 42 heteroatoms. The van der Waals surface area contributed by atoms with Gasteiger partial charge in [0.2, 0.25) is 82.7 Å². The maximum Gasteiger partial charge on any atom is 0.245 e. The van der Waals surface area contributed by atoms with Crippen LogP contribution in [0.5, 0.6) is 0 Å². The molecule has 0 aliphatic rings. The number of aliphatic hydroxyl groups is 3. The number of ketones is 1. The number of nitrogens with one attached hydrogen (secondary N) is 13. The van der Waals surface area contributed by atoms with E-state index in [0.717, 1.165) is 6.92 Å². The molecule has 0 unspecified atom stereocenters. The molecule has 2 aromatic rings. The minimum atomic E-state index is -1.98. The number of para-hydroxylation sites is 1. The normalized spacial score (nSPS) is 15.7. The van der Waals surface area contributed by atoms with Crippen molar-refractivity contribution in [3.63, 3.8) is 0 Å². The molecule has 2 rings (SSSR count). The topological polar surface area (TPSA) is 708 Å². The van der Waals surface area contributed by atoms with Crippen LogP contribution in [0, 0.1) is 23.7 Å². The van der Waals surface area contributed by atoms with Gasteiger partial charge in [-0.05, 0) is 99.9 Å². The van der Waals surface area contributed by atoms with Crippen LogP contribution >= 0.6 is 23.5 Å². The fraction of sp³-hybridized carbons (Fsp3) is 0.632. The Bertz CT molecular complexity index is 3480. The fourth-order valence-corrected chi connectivity index (χ4v) is 11.6. The molecule has 30 N–H and O–H groups in total. The van der Waals surface area contributed by atoms with E-state index in [1.165, 1.54) is 37.4 Å². The zero-order valence-electron chi connectivity index (χ0n) is 64.3. The predicted molar refractivity (Wildman–Crippen MR) is 402 cm³/mol. The zero-order valence-corrected chi connectivity index (χ0v) is 66.0. The Labute approximate surface area is 645 Å². The van der Waals surface area contributed by atoms with Crippen LogP contribution in [0.3, 0.4) is 0 Å². The van der Waals surface area contributed by atoms with E-state index in [2.05, 4.69) is 63.5 Å². The molecule has 0 aliphatic heterocycles. The van der Waals surface area contributed by atoms with Gasteiger partial charge < -0.3 is 133 Å². The van der Waals surface area contributed by atoms with Gasteiger partial charge in [-0.1, -0.05) is 72.6 Å². The molecule has 40 nitrogen and oxygen atoms in total. The van der Waals surface area contributed by atoms with E-state index >= 15 is 0 Å². The number of carbonyl (C=O) groups excluding carboxylic acids is 17. The highest BCUT2D eigenvalue weighted by molar-refractivity contribution is 7.98. The maximum atomic E-state index is 14.8. The summed E-state index contributed by atoms with van der Waals surface area (Å²) in [5.74, 6) is -22.6. The SMILES string of the molecule is CC[C@H](C)[C@H](NC(=O)[C@H](CO)NC(=O)[C@H](C)NC(=O)[C@H](CC(=O)[O-])NC(=O)[C@H](CC(C)C)NC(=O)[C@H](CO)NC(=O)[C@@H](N)[C@@H](C)O)C(=O)N[C@H](C(=O)N[C@@H](Cc1c[nH]c2ccccc12)C(=O)N[C@@H](C)C(=O)N[C@@H](CCSC)C(=O)N[C@@H](CCSC)C(=O)[C@@H](CCC(N)=O)C(=O)N[C@@H](CC(N)=O)C(=O)[O-])[C@@H](C)CC.[NH4+].[NH4+]. The van der Waals surface area contributed by atoms with Crippen molar-refractivity contribution in [2.75, 3.05) is 37.2 Å². The summed E-state index contributed by atoms with van der Waals surface area (Å²) in [6, 6.07) is -14.0. The Kier molecular flexibility index (Phi) is 45.9. The van der Waals surface area contributed by atoms with Crippen LogP contribution in [0.15, 0.2) is 30.5 Å². The molecule has 1 aromatic heterocycles. The van der Waals surface area contributed by atoms with Gasteiger partial charge in [0.25, 0.3) is 0 Å². The number of benzene rings is 1.